The van der Waals surface area contributed by atoms with Crippen molar-refractivity contribution in [2.24, 2.45) is 0 Å². The summed E-state index contributed by atoms with van der Waals surface area (Å²) >= 11 is 2.71. The molecule has 0 unspecified atom stereocenters. The fourth-order valence-electron chi connectivity index (χ4n) is 3.44. The van der Waals surface area contributed by atoms with E-state index in [4.69, 9.17) is 4.74 Å². The molecule has 0 saturated carbocycles. The molecular formula is C21H19NO3S2. The summed E-state index contributed by atoms with van der Waals surface area (Å²) in [6.45, 7) is 0. The van der Waals surface area contributed by atoms with E-state index in [1.54, 1.807) is 6.07 Å². The molecule has 0 saturated heterocycles. The second-order valence-corrected chi connectivity index (χ2v) is 8.29. The van der Waals surface area contributed by atoms with Gasteiger partial charge in [0.2, 0.25) is 0 Å². The molecule has 138 valence electrons. The lowest BCUT2D eigenvalue weighted by Crippen LogP contribution is -2.13. The minimum atomic E-state index is -0.439. The second-order valence-electron chi connectivity index (χ2n) is 6.47. The number of ether oxygens (including phenoxy) is 1. The van der Waals surface area contributed by atoms with Crippen molar-refractivity contribution in [3.05, 3.63) is 62.7 Å². The maximum absolute atomic E-state index is 12.5. The van der Waals surface area contributed by atoms with Gasteiger partial charge in [-0.1, -0.05) is 24.3 Å². The van der Waals surface area contributed by atoms with Crippen molar-refractivity contribution < 1.29 is 14.3 Å². The van der Waals surface area contributed by atoms with Crippen molar-refractivity contribution in [2.45, 2.75) is 25.7 Å². The van der Waals surface area contributed by atoms with Gasteiger partial charge in [-0.3, -0.25) is 4.79 Å². The molecule has 1 aliphatic carbocycles. The van der Waals surface area contributed by atoms with Gasteiger partial charge in [0.1, 0.15) is 10.6 Å². The predicted molar refractivity (Wildman–Crippen MR) is 110 cm³/mol. The zero-order chi connectivity index (χ0) is 18.8. The number of hydrogen-bond acceptors (Lipinski definition) is 5. The number of nitrogens with one attached hydrogen (secondary N) is 1. The van der Waals surface area contributed by atoms with E-state index in [1.165, 1.54) is 53.8 Å². The minimum Gasteiger partial charge on any atom is -0.465 e. The molecule has 2 heterocycles. The molecule has 3 aromatic rings. The summed E-state index contributed by atoms with van der Waals surface area (Å²) in [6.07, 6.45) is 4.62. The maximum Gasteiger partial charge on any atom is 0.341 e. The first kappa shape index (κ1) is 17.9. The molecule has 0 bridgehead atoms. The Morgan fingerprint density at radius 2 is 1.89 bits per heavy atom. The number of amides is 1. The second kappa shape index (κ2) is 7.66. The lowest BCUT2D eigenvalue weighted by Gasteiger charge is -2.16. The highest BCUT2D eigenvalue weighted by Crippen LogP contribution is 2.38. The predicted octanol–water partition coefficient (Wildman–Crippen LogP) is 5.39. The molecule has 1 aromatic carbocycles. The van der Waals surface area contributed by atoms with Crippen LogP contribution in [0.25, 0.3) is 11.1 Å². The zero-order valence-electron chi connectivity index (χ0n) is 14.9. The first-order chi connectivity index (χ1) is 13.2. The summed E-state index contributed by atoms with van der Waals surface area (Å²) < 4.78 is 5.00. The largest absolute Gasteiger partial charge is 0.465 e. The number of carbonyl (C=O) groups is 2. The van der Waals surface area contributed by atoms with Crippen molar-refractivity contribution in [1.82, 2.24) is 0 Å². The highest BCUT2D eigenvalue weighted by atomic mass is 32.1. The molecule has 4 rings (SSSR count). The molecule has 1 aliphatic rings. The van der Waals surface area contributed by atoms with Crippen molar-refractivity contribution in [2.75, 3.05) is 12.4 Å². The van der Waals surface area contributed by atoms with Gasteiger partial charge in [-0.25, -0.2) is 4.79 Å². The van der Waals surface area contributed by atoms with E-state index in [2.05, 4.69) is 23.5 Å². The van der Waals surface area contributed by atoms with Crippen LogP contribution in [0, 0.1) is 0 Å². The number of rotatable bonds is 4. The quantitative estimate of drug-likeness (QED) is 0.600. The van der Waals surface area contributed by atoms with Crippen LogP contribution in [0.2, 0.25) is 0 Å². The first-order valence-electron chi connectivity index (χ1n) is 8.84. The number of methoxy groups -OCH3 is 1. The average molecular weight is 398 g/mol. The Balaban J connectivity index is 1.72. The molecular weight excluding hydrogens is 378 g/mol. The van der Waals surface area contributed by atoms with Crippen LogP contribution < -0.4 is 5.32 Å². The number of carbonyl (C=O) groups excluding carboxylic acids is 2. The normalized spacial score (nSPS) is 13.1. The minimum absolute atomic E-state index is 0.214. The Morgan fingerprint density at radius 3 is 2.63 bits per heavy atom. The van der Waals surface area contributed by atoms with E-state index in [-0.39, 0.29) is 5.91 Å². The van der Waals surface area contributed by atoms with Crippen molar-refractivity contribution in [3.63, 3.8) is 0 Å². The van der Waals surface area contributed by atoms with Crippen LogP contribution in [-0.4, -0.2) is 19.0 Å². The summed E-state index contributed by atoms with van der Waals surface area (Å²) in [5.74, 6) is -0.653. The number of esters is 1. The number of anilines is 1. The van der Waals surface area contributed by atoms with Crippen LogP contribution in [0.3, 0.4) is 0 Å². The van der Waals surface area contributed by atoms with Gasteiger partial charge in [0.05, 0.1) is 12.0 Å². The van der Waals surface area contributed by atoms with Crippen molar-refractivity contribution >= 4 is 39.6 Å². The molecule has 4 nitrogen and oxygen atoms in total. The molecule has 6 heteroatoms. The van der Waals surface area contributed by atoms with Crippen LogP contribution in [0.4, 0.5) is 5.00 Å². The standard InChI is InChI=1S/C21H19NO3S2/c1-25-21(24)18-16(15-9-8-13-5-2-3-6-14(13)11-15)12-27-20(18)22-19(23)17-7-4-10-26-17/h4,7-12H,2-3,5-6H2,1H3,(H,22,23). The Morgan fingerprint density at radius 1 is 1.07 bits per heavy atom. The number of benzene rings is 1. The monoisotopic (exact) mass is 397 g/mol. The average Bonchev–Trinajstić information content (AvgIpc) is 3.37. The van der Waals surface area contributed by atoms with Gasteiger partial charge in [0.25, 0.3) is 5.91 Å². The summed E-state index contributed by atoms with van der Waals surface area (Å²) in [6, 6.07) is 9.98. The van der Waals surface area contributed by atoms with E-state index < -0.39 is 5.97 Å². The van der Waals surface area contributed by atoms with Crippen molar-refractivity contribution in [1.29, 1.82) is 0 Å². The fourth-order valence-corrected chi connectivity index (χ4v) is 5.01. The molecule has 1 amide bonds. The summed E-state index contributed by atoms with van der Waals surface area (Å²) in [5, 5.41) is 7.16. The fraction of sp³-hybridized carbons (Fsp3) is 0.238. The third-order valence-corrected chi connectivity index (χ3v) is 6.58. The number of hydrogen-bond donors (Lipinski definition) is 1. The lowest BCUT2D eigenvalue weighted by atomic mass is 9.89. The van der Waals surface area contributed by atoms with Crippen molar-refractivity contribution in [3.8, 4) is 11.1 Å². The van der Waals surface area contributed by atoms with Gasteiger partial charge in [0, 0.05) is 10.9 Å². The van der Waals surface area contributed by atoms with Gasteiger partial charge in [-0.2, -0.15) is 0 Å². The van der Waals surface area contributed by atoms with Crippen LogP contribution in [0.5, 0.6) is 0 Å². The molecule has 0 fully saturated rings. The number of fused-ring (bicyclic) bond motifs is 1. The Kier molecular flexibility index (Phi) is 5.09. The van der Waals surface area contributed by atoms with Crippen LogP contribution >= 0.6 is 22.7 Å². The Hall–Kier alpha value is -2.44. The maximum atomic E-state index is 12.5. The molecule has 0 spiro atoms. The molecule has 0 aliphatic heterocycles. The topological polar surface area (TPSA) is 55.4 Å². The van der Waals surface area contributed by atoms with E-state index in [0.717, 1.165) is 24.0 Å². The number of aryl methyl sites for hydroxylation is 2. The highest BCUT2D eigenvalue weighted by molar-refractivity contribution is 7.15. The van der Waals surface area contributed by atoms with E-state index in [9.17, 15) is 9.59 Å². The van der Waals surface area contributed by atoms with Crippen LogP contribution in [0.1, 0.15) is 44.0 Å². The van der Waals surface area contributed by atoms with E-state index >= 15 is 0 Å². The van der Waals surface area contributed by atoms with Gasteiger partial charge < -0.3 is 10.1 Å². The third-order valence-electron chi connectivity index (χ3n) is 4.81. The van der Waals surface area contributed by atoms with Gasteiger partial charge in [0.15, 0.2) is 0 Å². The van der Waals surface area contributed by atoms with E-state index in [0.29, 0.717) is 15.4 Å². The zero-order valence-corrected chi connectivity index (χ0v) is 16.5. The highest BCUT2D eigenvalue weighted by Gasteiger charge is 2.23. The van der Waals surface area contributed by atoms with E-state index in [1.807, 2.05) is 16.8 Å². The van der Waals surface area contributed by atoms with Gasteiger partial charge in [-0.15, -0.1) is 22.7 Å². The summed E-state index contributed by atoms with van der Waals surface area (Å²) in [5.41, 5.74) is 4.96. The van der Waals surface area contributed by atoms with Crippen LogP contribution in [0.15, 0.2) is 41.1 Å². The molecule has 1 N–H and O–H groups in total. The first-order valence-corrected chi connectivity index (χ1v) is 10.6. The molecule has 0 atom stereocenters. The SMILES string of the molecule is COC(=O)c1c(-c2ccc3c(c2)CCCC3)csc1NC(=O)c1cccs1. The molecule has 2 aromatic heterocycles. The Bertz CT molecular complexity index is 989. The van der Waals surface area contributed by atoms with Crippen LogP contribution in [-0.2, 0) is 17.6 Å². The summed E-state index contributed by atoms with van der Waals surface area (Å²) in [4.78, 5) is 25.5. The van der Waals surface area contributed by atoms with Gasteiger partial charge >= 0.3 is 5.97 Å². The molecule has 27 heavy (non-hydrogen) atoms. The summed E-state index contributed by atoms with van der Waals surface area (Å²) in [7, 11) is 1.36. The Labute approximate surface area is 165 Å². The smallest absolute Gasteiger partial charge is 0.341 e. The lowest BCUT2D eigenvalue weighted by molar-refractivity contribution is 0.0603. The van der Waals surface area contributed by atoms with Gasteiger partial charge in [-0.05, 0) is 53.8 Å². The third kappa shape index (κ3) is 3.55. The molecule has 0 radical (unpaired) electrons. The number of thiophene rings is 2.